The zero-order chi connectivity index (χ0) is 19.3. The number of aliphatic imine (C=N–C) groups is 1. The molecule has 0 spiro atoms. The van der Waals surface area contributed by atoms with Crippen LogP contribution < -0.4 is 16.1 Å². The van der Waals surface area contributed by atoms with Crippen molar-refractivity contribution < 1.29 is 5.11 Å². The summed E-state index contributed by atoms with van der Waals surface area (Å²) in [5.41, 5.74) is 0.925. The Morgan fingerprint density at radius 3 is 2.62 bits per heavy atom. The van der Waals surface area contributed by atoms with Crippen LogP contribution in [0.5, 0.6) is 5.88 Å². The Morgan fingerprint density at radius 1 is 1.27 bits per heavy atom. The standard InChI is InChI=1S/C19H26N4O3/c1-5-7-11-23-18(25)16(17(24)21-19(23)26)15(6-2)20-13-9-8-10-14(12-13)22(3)4/h8-10,12,25H,5-7,11H2,1-4H3,(H,21,24,26). The Kier molecular flexibility index (Phi) is 6.38. The van der Waals surface area contributed by atoms with Crippen molar-refractivity contribution >= 4 is 17.1 Å². The third-order valence-corrected chi connectivity index (χ3v) is 4.14. The van der Waals surface area contributed by atoms with Gasteiger partial charge in [0, 0.05) is 26.3 Å². The van der Waals surface area contributed by atoms with Crippen LogP contribution in [-0.2, 0) is 6.54 Å². The fraction of sp³-hybridized carbons (Fsp3) is 0.421. The van der Waals surface area contributed by atoms with Crippen LogP contribution in [0.25, 0.3) is 0 Å². The van der Waals surface area contributed by atoms with Crippen LogP contribution in [-0.4, -0.2) is 34.5 Å². The smallest absolute Gasteiger partial charge is 0.331 e. The molecule has 0 fully saturated rings. The maximum absolute atomic E-state index is 12.3. The lowest BCUT2D eigenvalue weighted by Gasteiger charge is -2.14. The van der Waals surface area contributed by atoms with Crippen molar-refractivity contribution in [2.45, 2.75) is 39.7 Å². The number of aromatic nitrogens is 2. The van der Waals surface area contributed by atoms with E-state index in [1.807, 2.05) is 57.1 Å². The molecule has 2 aromatic rings. The lowest BCUT2D eigenvalue weighted by molar-refractivity contribution is 0.394. The van der Waals surface area contributed by atoms with E-state index in [0.29, 0.717) is 24.4 Å². The fourth-order valence-corrected chi connectivity index (χ4v) is 2.65. The van der Waals surface area contributed by atoms with Gasteiger partial charge in [-0.25, -0.2) is 4.79 Å². The maximum atomic E-state index is 12.3. The van der Waals surface area contributed by atoms with Gasteiger partial charge in [0.2, 0.25) is 5.88 Å². The number of aromatic hydroxyl groups is 1. The van der Waals surface area contributed by atoms with Crippen LogP contribution in [0.2, 0.25) is 0 Å². The maximum Gasteiger partial charge on any atom is 0.331 e. The molecule has 0 amide bonds. The highest BCUT2D eigenvalue weighted by Gasteiger charge is 2.18. The minimum absolute atomic E-state index is 0.0541. The summed E-state index contributed by atoms with van der Waals surface area (Å²) >= 11 is 0. The van der Waals surface area contributed by atoms with Gasteiger partial charge in [0.25, 0.3) is 5.56 Å². The number of rotatable bonds is 7. The van der Waals surface area contributed by atoms with Crippen LogP contribution >= 0.6 is 0 Å². The lowest BCUT2D eigenvalue weighted by Crippen LogP contribution is -2.34. The molecule has 26 heavy (non-hydrogen) atoms. The van der Waals surface area contributed by atoms with Crippen molar-refractivity contribution in [3.63, 3.8) is 0 Å². The summed E-state index contributed by atoms with van der Waals surface area (Å²) in [6, 6.07) is 7.57. The molecular weight excluding hydrogens is 332 g/mol. The Balaban J connectivity index is 2.58. The van der Waals surface area contributed by atoms with E-state index in [9.17, 15) is 14.7 Å². The molecule has 0 saturated carbocycles. The van der Waals surface area contributed by atoms with Gasteiger partial charge in [0.1, 0.15) is 5.56 Å². The second kappa shape index (κ2) is 8.51. The average Bonchev–Trinajstić information content (AvgIpc) is 2.60. The van der Waals surface area contributed by atoms with Crippen LogP contribution in [0, 0.1) is 0 Å². The summed E-state index contributed by atoms with van der Waals surface area (Å²) in [6.45, 7) is 4.19. The van der Waals surface area contributed by atoms with E-state index in [4.69, 9.17) is 0 Å². The molecule has 1 heterocycles. The summed E-state index contributed by atoms with van der Waals surface area (Å²) in [5, 5.41) is 10.6. The predicted molar refractivity (Wildman–Crippen MR) is 105 cm³/mol. The molecular formula is C19H26N4O3. The number of unbranched alkanes of at least 4 members (excludes halogenated alkanes) is 1. The van der Waals surface area contributed by atoms with Crippen LogP contribution in [0.15, 0.2) is 38.8 Å². The molecule has 7 heteroatoms. The van der Waals surface area contributed by atoms with Gasteiger partial charge in [-0.3, -0.25) is 19.3 Å². The van der Waals surface area contributed by atoms with Crippen molar-refractivity contribution in [2.24, 2.45) is 4.99 Å². The summed E-state index contributed by atoms with van der Waals surface area (Å²) in [5.74, 6) is -0.323. The highest BCUT2D eigenvalue weighted by Crippen LogP contribution is 2.23. The first kappa shape index (κ1) is 19.5. The molecule has 0 aliphatic heterocycles. The Morgan fingerprint density at radius 2 is 2.00 bits per heavy atom. The largest absolute Gasteiger partial charge is 0.494 e. The Bertz CT molecular complexity index is 910. The molecule has 2 rings (SSSR count). The molecule has 2 N–H and O–H groups in total. The normalized spacial score (nSPS) is 11.6. The highest BCUT2D eigenvalue weighted by atomic mass is 16.3. The topological polar surface area (TPSA) is 90.7 Å². The molecule has 0 bridgehead atoms. The zero-order valence-electron chi connectivity index (χ0n) is 15.7. The van der Waals surface area contributed by atoms with Gasteiger partial charge in [0.05, 0.1) is 11.4 Å². The predicted octanol–water partition coefficient (Wildman–Crippen LogP) is 2.64. The number of nitrogens with one attached hydrogen (secondary N) is 1. The molecule has 0 radical (unpaired) electrons. The van der Waals surface area contributed by atoms with E-state index < -0.39 is 11.2 Å². The Labute approximate surface area is 152 Å². The third-order valence-electron chi connectivity index (χ3n) is 4.14. The van der Waals surface area contributed by atoms with Gasteiger partial charge in [-0.1, -0.05) is 26.3 Å². The lowest BCUT2D eigenvalue weighted by atomic mass is 10.1. The van der Waals surface area contributed by atoms with E-state index in [1.165, 1.54) is 4.57 Å². The van der Waals surface area contributed by atoms with Crippen molar-refractivity contribution in [3.05, 3.63) is 50.7 Å². The number of nitrogens with zero attached hydrogens (tertiary/aromatic N) is 3. The molecule has 0 aliphatic carbocycles. The van der Waals surface area contributed by atoms with Gasteiger partial charge in [-0.05, 0) is 31.0 Å². The number of benzene rings is 1. The van der Waals surface area contributed by atoms with Crippen molar-refractivity contribution in [1.29, 1.82) is 0 Å². The quantitative estimate of drug-likeness (QED) is 0.745. The van der Waals surface area contributed by atoms with Crippen LogP contribution in [0.3, 0.4) is 0 Å². The van der Waals surface area contributed by atoms with E-state index in [2.05, 4.69) is 9.98 Å². The molecule has 1 aromatic heterocycles. The zero-order valence-corrected chi connectivity index (χ0v) is 15.7. The summed E-state index contributed by atoms with van der Waals surface area (Å²) in [6.07, 6.45) is 2.03. The molecule has 0 saturated heterocycles. The summed E-state index contributed by atoms with van der Waals surface area (Å²) < 4.78 is 1.20. The molecule has 7 nitrogen and oxygen atoms in total. The van der Waals surface area contributed by atoms with Gasteiger partial charge in [0.15, 0.2) is 0 Å². The van der Waals surface area contributed by atoms with Gasteiger partial charge >= 0.3 is 5.69 Å². The first-order valence-electron chi connectivity index (χ1n) is 8.80. The molecule has 1 aromatic carbocycles. The second-order valence-corrected chi connectivity index (χ2v) is 6.29. The van der Waals surface area contributed by atoms with Crippen molar-refractivity contribution in [1.82, 2.24) is 9.55 Å². The Hall–Kier alpha value is -2.83. The first-order valence-corrected chi connectivity index (χ1v) is 8.80. The minimum atomic E-state index is -0.621. The minimum Gasteiger partial charge on any atom is -0.494 e. The van der Waals surface area contributed by atoms with E-state index in [1.54, 1.807) is 0 Å². The third kappa shape index (κ3) is 4.22. The van der Waals surface area contributed by atoms with E-state index >= 15 is 0 Å². The SMILES string of the molecule is CCCCn1c(O)c(C(CC)=Nc2cccc(N(C)C)c2)c(=O)[nH]c1=O. The number of hydrogen-bond donors (Lipinski definition) is 2. The van der Waals surface area contributed by atoms with Gasteiger partial charge in [-0.2, -0.15) is 0 Å². The van der Waals surface area contributed by atoms with Gasteiger partial charge in [-0.15, -0.1) is 0 Å². The van der Waals surface area contributed by atoms with Crippen LogP contribution in [0.1, 0.15) is 38.7 Å². The van der Waals surface area contributed by atoms with Crippen molar-refractivity contribution in [2.75, 3.05) is 19.0 Å². The number of hydrogen-bond acceptors (Lipinski definition) is 5. The number of aromatic amines is 1. The van der Waals surface area contributed by atoms with Gasteiger partial charge < -0.3 is 10.0 Å². The fourth-order valence-electron chi connectivity index (χ4n) is 2.65. The van der Waals surface area contributed by atoms with Crippen LogP contribution in [0.4, 0.5) is 11.4 Å². The summed E-state index contributed by atoms with van der Waals surface area (Å²) in [7, 11) is 3.87. The second-order valence-electron chi connectivity index (χ2n) is 6.29. The molecule has 140 valence electrons. The molecule has 0 unspecified atom stereocenters. The number of anilines is 1. The first-order chi connectivity index (χ1) is 12.4. The monoisotopic (exact) mass is 358 g/mol. The van der Waals surface area contributed by atoms with Crippen molar-refractivity contribution in [3.8, 4) is 5.88 Å². The average molecular weight is 358 g/mol. The van der Waals surface area contributed by atoms with E-state index in [-0.39, 0.29) is 11.4 Å². The van der Waals surface area contributed by atoms with E-state index in [0.717, 1.165) is 18.5 Å². The highest BCUT2D eigenvalue weighted by molar-refractivity contribution is 6.03. The summed E-state index contributed by atoms with van der Waals surface area (Å²) in [4.78, 5) is 33.2. The molecule has 0 atom stereocenters. The molecule has 0 aliphatic rings. The number of H-pyrrole nitrogens is 1.